The van der Waals surface area contributed by atoms with Crippen LogP contribution in [-0.4, -0.2) is 60.9 Å². The molecule has 0 aliphatic carbocycles. The fourth-order valence-electron chi connectivity index (χ4n) is 3.62. The second kappa shape index (κ2) is 8.66. The summed E-state index contributed by atoms with van der Waals surface area (Å²) < 4.78 is 5.36. The molecular weight excluding hydrogens is 408 g/mol. The molecule has 2 aliphatic rings. The molecule has 30 heavy (non-hydrogen) atoms. The first kappa shape index (κ1) is 20.1. The standard InChI is InChI=1S/C19H22N6O4S/c1-12(27)20-9-16-10-25(19(28)29-16)15-3-2-13-4-6-24(7-5-14(13)8-15)18-23-22-17(30-18)21-11-26/h2-3,8,11,16H,4-7,9-10H2,1H3,(H,20,27)(H,21,22,26). The lowest BCUT2D eigenvalue weighted by Crippen LogP contribution is -2.33. The predicted molar refractivity (Wildman–Crippen MR) is 112 cm³/mol. The molecule has 11 heteroatoms. The van der Waals surface area contributed by atoms with E-state index in [9.17, 15) is 14.4 Å². The van der Waals surface area contributed by atoms with E-state index >= 15 is 0 Å². The Hall–Kier alpha value is -3.21. The summed E-state index contributed by atoms with van der Waals surface area (Å²) in [4.78, 5) is 37.7. The lowest BCUT2D eigenvalue weighted by molar-refractivity contribution is -0.119. The van der Waals surface area contributed by atoms with Crippen molar-refractivity contribution >= 4 is 45.7 Å². The molecule has 3 amide bonds. The minimum absolute atomic E-state index is 0.149. The fraction of sp³-hybridized carbons (Fsp3) is 0.421. The quantitative estimate of drug-likeness (QED) is 0.661. The molecule has 1 atom stereocenters. The first-order chi connectivity index (χ1) is 14.5. The van der Waals surface area contributed by atoms with Crippen LogP contribution >= 0.6 is 11.3 Å². The van der Waals surface area contributed by atoms with Gasteiger partial charge in [-0.1, -0.05) is 17.4 Å². The molecule has 10 nitrogen and oxygen atoms in total. The van der Waals surface area contributed by atoms with Crippen LogP contribution in [-0.2, 0) is 27.2 Å². The minimum atomic E-state index is -0.399. The van der Waals surface area contributed by atoms with Crippen molar-refractivity contribution in [1.29, 1.82) is 0 Å². The first-order valence-corrected chi connectivity index (χ1v) is 10.5. The molecule has 2 aromatic rings. The van der Waals surface area contributed by atoms with Gasteiger partial charge in [0.1, 0.15) is 6.10 Å². The van der Waals surface area contributed by atoms with Gasteiger partial charge in [-0.15, -0.1) is 10.2 Å². The van der Waals surface area contributed by atoms with Crippen molar-refractivity contribution in [3.63, 3.8) is 0 Å². The van der Waals surface area contributed by atoms with Crippen molar-refractivity contribution < 1.29 is 19.1 Å². The Morgan fingerprint density at radius 2 is 2.10 bits per heavy atom. The zero-order valence-corrected chi connectivity index (χ0v) is 17.3. The number of cyclic esters (lactones) is 1. The molecule has 0 saturated carbocycles. The number of rotatable bonds is 6. The highest BCUT2D eigenvalue weighted by Gasteiger charge is 2.32. The number of carbonyl (C=O) groups excluding carboxylic acids is 3. The van der Waals surface area contributed by atoms with E-state index in [1.807, 2.05) is 12.1 Å². The summed E-state index contributed by atoms with van der Waals surface area (Å²) >= 11 is 1.34. The Morgan fingerprint density at radius 3 is 2.87 bits per heavy atom. The van der Waals surface area contributed by atoms with E-state index in [0.717, 1.165) is 36.8 Å². The number of ether oxygens (including phenoxy) is 1. The normalized spacial score (nSPS) is 18.4. The maximum absolute atomic E-state index is 12.3. The third kappa shape index (κ3) is 4.35. The van der Waals surface area contributed by atoms with E-state index in [1.54, 1.807) is 4.90 Å². The summed E-state index contributed by atoms with van der Waals surface area (Å²) in [6.45, 7) is 3.71. The summed E-state index contributed by atoms with van der Waals surface area (Å²) in [6.07, 6.45) is 1.49. The Kier molecular flexibility index (Phi) is 5.79. The summed E-state index contributed by atoms with van der Waals surface area (Å²) in [7, 11) is 0. The number of fused-ring (bicyclic) bond motifs is 1. The minimum Gasteiger partial charge on any atom is -0.442 e. The van der Waals surface area contributed by atoms with Crippen LogP contribution in [0.1, 0.15) is 18.1 Å². The van der Waals surface area contributed by atoms with E-state index in [2.05, 4.69) is 31.8 Å². The molecule has 1 fully saturated rings. The monoisotopic (exact) mass is 430 g/mol. The maximum atomic E-state index is 12.3. The van der Waals surface area contributed by atoms with E-state index in [4.69, 9.17) is 4.74 Å². The van der Waals surface area contributed by atoms with Crippen molar-refractivity contribution in [2.45, 2.75) is 25.9 Å². The number of benzene rings is 1. The van der Waals surface area contributed by atoms with E-state index in [0.29, 0.717) is 24.6 Å². The van der Waals surface area contributed by atoms with Crippen LogP contribution in [0.3, 0.4) is 0 Å². The molecule has 0 spiro atoms. The van der Waals surface area contributed by atoms with Crippen molar-refractivity contribution in [3.8, 4) is 0 Å². The highest BCUT2D eigenvalue weighted by molar-refractivity contribution is 7.19. The van der Waals surface area contributed by atoms with E-state index < -0.39 is 6.09 Å². The molecule has 0 bridgehead atoms. The summed E-state index contributed by atoms with van der Waals surface area (Å²) in [6, 6.07) is 6.04. The Bertz CT molecular complexity index is 964. The molecule has 1 saturated heterocycles. The number of hydrogen-bond donors (Lipinski definition) is 2. The lowest BCUT2D eigenvalue weighted by Gasteiger charge is -2.17. The second-order valence-corrected chi connectivity index (χ2v) is 8.10. The number of anilines is 3. The molecule has 2 aliphatic heterocycles. The third-order valence-electron chi connectivity index (χ3n) is 5.12. The van der Waals surface area contributed by atoms with Crippen LogP contribution in [0.2, 0.25) is 0 Å². The number of amides is 3. The van der Waals surface area contributed by atoms with Crippen LogP contribution in [0.4, 0.5) is 20.7 Å². The van der Waals surface area contributed by atoms with Crippen LogP contribution in [0.15, 0.2) is 18.2 Å². The zero-order valence-electron chi connectivity index (χ0n) is 16.5. The average molecular weight is 430 g/mol. The highest BCUT2D eigenvalue weighted by Crippen LogP contribution is 2.29. The number of nitrogens with one attached hydrogen (secondary N) is 2. The van der Waals surface area contributed by atoms with Gasteiger partial charge in [0.2, 0.25) is 22.6 Å². The van der Waals surface area contributed by atoms with Gasteiger partial charge in [0.15, 0.2) is 0 Å². The van der Waals surface area contributed by atoms with Crippen molar-refractivity contribution in [1.82, 2.24) is 15.5 Å². The number of hydrogen-bond acceptors (Lipinski definition) is 8. The average Bonchev–Trinajstić information content (AvgIpc) is 3.27. The van der Waals surface area contributed by atoms with Gasteiger partial charge in [-0.2, -0.15) is 0 Å². The van der Waals surface area contributed by atoms with Crippen LogP contribution in [0.5, 0.6) is 0 Å². The van der Waals surface area contributed by atoms with Gasteiger partial charge in [-0.25, -0.2) is 4.79 Å². The third-order valence-corrected chi connectivity index (χ3v) is 6.04. The van der Waals surface area contributed by atoms with E-state index in [1.165, 1.54) is 29.4 Å². The highest BCUT2D eigenvalue weighted by atomic mass is 32.1. The molecule has 1 aromatic carbocycles. The number of aromatic nitrogens is 2. The van der Waals surface area contributed by atoms with Crippen molar-refractivity contribution in [3.05, 3.63) is 29.3 Å². The molecular formula is C19H22N6O4S. The first-order valence-electron chi connectivity index (χ1n) is 9.66. The van der Waals surface area contributed by atoms with E-state index in [-0.39, 0.29) is 12.0 Å². The van der Waals surface area contributed by atoms with Gasteiger partial charge in [0.25, 0.3) is 0 Å². The summed E-state index contributed by atoms with van der Waals surface area (Å²) in [5, 5.41) is 14.6. The van der Waals surface area contributed by atoms with Gasteiger partial charge in [0.05, 0.1) is 13.1 Å². The molecule has 0 radical (unpaired) electrons. The summed E-state index contributed by atoms with van der Waals surface area (Å²) in [5.41, 5.74) is 3.22. The van der Waals surface area contributed by atoms with Gasteiger partial charge < -0.3 is 20.3 Å². The van der Waals surface area contributed by atoms with Gasteiger partial charge in [-0.05, 0) is 36.1 Å². The fourth-order valence-corrected chi connectivity index (χ4v) is 4.37. The Balaban J connectivity index is 1.44. The SMILES string of the molecule is CC(=O)NCC1CN(c2ccc3c(c2)CCN(c2nnc(NC=O)s2)CC3)C(=O)O1. The van der Waals surface area contributed by atoms with Gasteiger partial charge >= 0.3 is 6.09 Å². The molecule has 1 aromatic heterocycles. The van der Waals surface area contributed by atoms with Gasteiger partial charge in [-0.3, -0.25) is 14.5 Å². The zero-order chi connectivity index (χ0) is 21.1. The number of carbonyl (C=O) groups is 3. The molecule has 158 valence electrons. The summed E-state index contributed by atoms with van der Waals surface area (Å²) in [5.74, 6) is -0.149. The topological polar surface area (TPSA) is 117 Å². The van der Waals surface area contributed by atoms with Crippen LogP contribution in [0.25, 0.3) is 0 Å². The van der Waals surface area contributed by atoms with Crippen molar-refractivity contribution in [2.75, 3.05) is 41.3 Å². The Labute approximate surface area is 177 Å². The molecule has 2 N–H and O–H groups in total. The molecule has 3 heterocycles. The maximum Gasteiger partial charge on any atom is 0.414 e. The Morgan fingerprint density at radius 1 is 1.30 bits per heavy atom. The molecule has 4 rings (SSSR count). The van der Waals surface area contributed by atoms with Crippen LogP contribution < -0.4 is 20.4 Å². The molecule has 1 unspecified atom stereocenters. The largest absolute Gasteiger partial charge is 0.442 e. The lowest BCUT2D eigenvalue weighted by atomic mass is 10.0. The van der Waals surface area contributed by atoms with Gasteiger partial charge in [0, 0.05) is 25.7 Å². The van der Waals surface area contributed by atoms with Crippen LogP contribution in [0, 0.1) is 0 Å². The second-order valence-electron chi connectivity index (χ2n) is 7.15. The smallest absolute Gasteiger partial charge is 0.414 e. The van der Waals surface area contributed by atoms with Crippen molar-refractivity contribution in [2.24, 2.45) is 0 Å². The predicted octanol–water partition coefficient (Wildman–Crippen LogP) is 1.17. The number of nitrogens with zero attached hydrogens (tertiary/aromatic N) is 4.